The number of nitro benzene ring substituents is 1. The molecule has 0 spiro atoms. The van der Waals surface area contributed by atoms with Gasteiger partial charge >= 0.3 is 5.97 Å². The van der Waals surface area contributed by atoms with Crippen molar-refractivity contribution >= 4 is 23.1 Å². The van der Waals surface area contributed by atoms with Gasteiger partial charge in [-0.15, -0.1) is 0 Å². The number of ketones is 1. The summed E-state index contributed by atoms with van der Waals surface area (Å²) in [5, 5.41) is 19.8. The second-order valence-electron chi connectivity index (χ2n) is 4.46. The SMILES string of the molecule is CC(=O)c1ccc(N2CC(C(=O)O)C2)c([N+](=O)[O-])c1. The molecule has 0 amide bonds. The number of carboxylic acids is 1. The molecule has 1 aliphatic rings. The summed E-state index contributed by atoms with van der Waals surface area (Å²) in [5.41, 5.74) is 0.454. The first-order valence-corrected chi connectivity index (χ1v) is 5.67. The summed E-state index contributed by atoms with van der Waals surface area (Å²) in [4.78, 5) is 34.0. The third-order valence-corrected chi connectivity index (χ3v) is 3.15. The van der Waals surface area contributed by atoms with E-state index in [1.807, 2.05) is 0 Å². The molecule has 1 N–H and O–H groups in total. The van der Waals surface area contributed by atoms with Gasteiger partial charge in [0.1, 0.15) is 5.69 Å². The molecule has 100 valence electrons. The van der Waals surface area contributed by atoms with Crippen LogP contribution < -0.4 is 4.90 Å². The van der Waals surface area contributed by atoms with Crippen LogP contribution in [0.1, 0.15) is 17.3 Å². The van der Waals surface area contributed by atoms with E-state index < -0.39 is 16.8 Å². The van der Waals surface area contributed by atoms with Crippen molar-refractivity contribution in [2.75, 3.05) is 18.0 Å². The molecule has 1 saturated heterocycles. The van der Waals surface area contributed by atoms with Gasteiger partial charge in [0.15, 0.2) is 5.78 Å². The molecule has 2 rings (SSSR count). The van der Waals surface area contributed by atoms with Crippen LogP contribution in [0.3, 0.4) is 0 Å². The number of anilines is 1. The lowest BCUT2D eigenvalue weighted by molar-refractivity contribution is -0.384. The van der Waals surface area contributed by atoms with E-state index in [0.717, 1.165) is 0 Å². The smallest absolute Gasteiger partial charge is 0.310 e. The standard InChI is InChI=1S/C12H12N2O5/c1-7(15)8-2-3-10(11(4-8)14(18)19)13-5-9(6-13)12(16)17/h2-4,9H,5-6H2,1H3,(H,16,17). The summed E-state index contributed by atoms with van der Waals surface area (Å²) < 4.78 is 0. The molecule has 1 heterocycles. The summed E-state index contributed by atoms with van der Waals surface area (Å²) >= 11 is 0. The molecule has 1 aromatic carbocycles. The van der Waals surface area contributed by atoms with Gasteiger partial charge in [-0.1, -0.05) is 0 Å². The van der Waals surface area contributed by atoms with E-state index in [2.05, 4.69) is 0 Å². The number of nitro groups is 1. The monoisotopic (exact) mass is 264 g/mol. The molecule has 0 bridgehead atoms. The van der Waals surface area contributed by atoms with Crippen LogP contribution in [0.2, 0.25) is 0 Å². The maximum Gasteiger partial charge on any atom is 0.310 e. The van der Waals surface area contributed by atoms with Gasteiger partial charge in [0.2, 0.25) is 0 Å². The van der Waals surface area contributed by atoms with E-state index in [4.69, 9.17) is 5.11 Å². The van der Waals surface area contributed by atoms with Gasteiger partial charge in [-0.05, 0) is 19.1 Å². The van der Waals surface area contributed by atoms with E-state index in [9.17, 15) is 19.7 Å². The molecule has 7 nitrogen and oxygen atoms in total. The van der Waals surface area contributed by atoms with Gasteiger partial charge < -0.3 is 10.0 Å². The molecule has 1 aliphatic heterocycles. The highest BCUT2D eigenvalue weighted by Crippen LogP contribution is 2.34. The first-order chi connectivity index (χ1) is 8.90. The highest BCUT2D eigenvalue weighted by atomic mass is 16.6. The minimum atomic E-state index is -0.903. The van der Waals surface area contributed by atoms with Crippen molar-refractivity contribution in [2.24, 2.45) is 5.92 Å². The number of nitrogens with zero attached hydrogens (tertiary/aromatic N) is 2. The normalized spacial score (nSPS) is 14.9. The summed E-state index contributed by atoms with van der Waals surface area (Å²) in [6, 6.07) is 4.23. The summed E-state index contributed by atoms with van der Waals surface area (Å²) in [6.45, 7) is 1.83. The van der Waals surface area contributed by atoms with Crippen molar-refractivity contribution in [2.45, 2.75) is 6.92 Å². The molecular formula is C12H12N2O5. The van der Waals surface area contributed by atoms with Crippen molar-refractivity contribution in [3.63, 3.8) is 0 Å². The fraction of sp³-hybridized carbons (Fsp3) is 0.333. The largest absolute Gasteiger partial charge is 0.481 e. The van der Waals surface area contributed by atoms with E-state index in [0.29, 0.717) is 5.69 Å². The maximum atomic E-state index is 11.2. The van der Waals surface area contributed by atoms with Gasteiger partial charge in [-0.3, -0.25) is 19.7 Å². The maximum absolute atomic E-state index is 11.2. The highest BCUT2D eigenvalue weighted by molar-refractivity contribution is 5.95. The topological polar surface area (TPSA) is 101 Å². The van der Waals surface area contributed by atoms with Crippen LogP contribution in [0.15, 0.2) is 18.2 Å². The van der Waals surface area contributed by atoms with E-state index in [-0.39, 0.29) is 30.1 Å². The van der Waals surface area contributed by atoms with Crippen molar-refractivity contribution in [3.05, 3.63) is 33.9 Å². The average Bonchev–Trinajstić information content (AvgIpc) is 2.26. The number of rotatable bonds is 4. The molecule has 0 radical (unpaired) electrons. The summed E-state index contributed by atoms with van der Waals surface area (Å²) in [5.74, 6) is -1.65. The van der Waals surface area contributed by atoms with Crippen LogP contribution in [0, 0.1) is 16.0 Å². The molecule has 1 fully saturated rings. The fourth-order valence-corrected chi connectivity index (χ4v) is 1.99. The van der Waals surface area contributed by atoms with Gasteiger partial charge in [-0.2, -0.15) is 0 Å². The molecule has 0 unspecified atom stereocenters. The lowest BCUT2D eigenvalue weighted by Crippen LogP contribution is -2.50. The lowest BCUT2D eigenvalue weighted by atomic mass is 9.98. The van der Waals surface area contributed by atoms with Crippen LogP contribution in [0.25, 0.3) is 0 Å². The molecule has 0 aromatic heterocycles. The van der Waals surface area contributed by atoms with Crippen LogP contribution in [0.4, 0.5) is 11.4 Å². The Kier molecular flexibility index (Phi) is 3.20. The zero-order valence-corrected chi connectivity index (χ0v) is 10.2. The van der Waals surface area contributed by atoms with Crippen molar-refractivity contribution in [1.29, 1.82) is 0 Å². The van der Waals surface area contributed by atoms with E-state index in [1.165, 1.54) is 25.1 Å². The quantitative estimate of drug-likeness (QED) is 0.500. The molecule has 0 aliphatic carbocycles. The zero-order valence-electron chi connectivity index (χ0n) is 10.2. The lowest BCUT2D eigenvalue weighted by Gasteiger charge is -2.38. The Morgan fingerprint density at radius 1 is 1.42 bits per heavy atom. The van der Waals surface area contributed by atoms with E-state index in [1.54, 1.807) is 4.90 Å². The Bertz CT molecular complexity index is 563. The number of carbonyl (C=O) groups is 2. The second kappa shape index (κ2) is 4.68. The molecular weight excluding hydrogens is 252 g/mol. The molecule has 7 heteroatoms. The van der Waals surface area contributed by atoms with Gasteiger partial charge in [0.25, 0.3) is 5.69 Å². The number of hydrogen-bond acceptors (Lipinski definition) is 5. The number of benzene rings is 1. The average molecular weight is 264 g/mol. The predicted octanol–water partition coefficient (Wildman–Crippen LogP) is 1.32. The summed E-state index contributed by atoms with van der Waals surface area (Å²) in [7, 11) is 0. The molecule has 0 atom stereocenters. The summed E-state index contributed by atoms with van der Waals surface area (Å²) in [6.07, 6.45) is 0. The van der Waals surface area contributed by atoms with Crippen molar-refractivity contribution in [3.8, 4) is 0 Å². The van der Waals surface area contributed by atoms with Crippen LogP contribution >= 0.6 is 0 Å². The third-order valence-electron chi connectivity index (χ3n) is 3.15. The van der Waals surface area contributed by atoms with E-state index >= 15 is 0 Å². The number of carboxylic acid groups (broad SMARTS) is 1. The van der Waals surface area contributed by atoms with Crippen LogP contribution in [0.5, 0.6) is 0 Å². The minimum Gasteiger partial charge on any atom is -0.481 e. The Hall–Kier alpha value is -2.44. The van der Waals surface area contributed by atoms with Gasteiger partial charge in [-0.25, -0.2) is 0 Å². The molecule has 0 saturated carbocycles. The Morgan fingerprint density at radius 2 is 2.05 bits per heavy atom. The Morgan fingerprint density at radius 3 is 2.53 bits per heavy atom. The fourth-order valence-electron chi connectivity index (χ4n) is 1.99. The van der Waals surface area contributed by atoms with Crippen LogP contribution in [-0.4, -0.2) is 34.9 Å². The zero-order chi connectivity index (χ0) is 14.2. The second-order valence-corrected chi connectivity index (χ2v) is 4.46. The number of hydrogen-bond donors (Lipinski definition) is 1. The Balaban J connectivity index is 2.29. The predicted molar refractivity (Wildman–Crippen MR) is 66.4 cm³/mol. The minimum absolute atomic E-state index is 0.170. The van der Waals surface area contributed by atoms with Crippen molar-refractivity contribution in [1.82, 2.24) is 0 Å². The molecule has 19 heavy (non-hydrogen) atoms. The van der Waals surface area contributed by atoms with Crippen LogP contribution in [-0.2, 0) is 4.79 Å². The Labute approximate surface area is 108 Å². The van der Waals surface area contributed by atoms with Crippen molar-refractivity contribution < 1.29 is 19.6 Å². The molecule has 1 aromatic rings. The first-order valence-electron chi connectivity index (χ1n) is 5.67. The highest BCUT2D eigenvalue weighted by Gasteiger charge is 2.35. The van der Waals surface area contributed by atoms with Gasteiger partial charge in [0.05, 0.1) is 10.8 Å². The third kappa shape index (κ3) is 2.40. The number of aliphatic carboxylic acids is 1. The first kappa shape index (κ1) is 13.0. The van der Waals surface area contributed by atoms with Gasteiger partial charge in [0, 0.05) is 24.7 Å². The number of Topliss-reactive ketones (excluding diaryl/α,β-unsaturated/α-hetero) is 1. The number of carbonyl (C=O) groups excluding carboxylic acids is 1.